The maximum absolute atomic E-state index is 11.7. The Morgan fingerprint density at radius 1 is 1.12 bits per heavy atom. The van der Waals surface area contributed by atoms with E-state index in [0.717, 1.165) is 27.8 Å². The molecule has 3 heteroatoms. The molecule has 0 fully saturated rings. The maximum atomic E-state index is 11.7. The molecule has 0 aliphatic heterocycles. The average Bonchev–Trinajstić information content (AvgIpc) is 2.42. The first kappa shape index (κ1) is 20.0. The second-order valence-electron chi connectivity index (χ2n) is 6.99. The largest absolute Gasteiger partial charge is 0.507 e. The molecule has 0 unspecified atom stereocenters. The van der Waals surface area contributed by atoms with Crippen LogP contribution in [0.4, 0.5) is 0 Å². The number of allylic oxidation sites excluding steroid dienone is 2. The molecule has 0 aromatic heterocycles. The van der Waals surface area contributed by atoms with Gasteiger partial charge in [0.1, 0.15) is 11.5 Å². The number of hydrogen-bond acceptors (Lipinski definition) is 3. The molecule has 0 heterocycles. The molecule has 0 saturated carbocycles. The summed E-state index contributed by atoms with van der Waals surface area (Å²) in [6.45, 7) is 19.3. The van der Waals surface area contributed by atoms with Crippen LogP contribution in [-0.4, -0.2) is 11.1 Å². The Morgan fingerprint density at radius 2 is 1.62 bits per heavy atom. The zero-order valence-electron chi connectivity index (χ0n) is 15.8. The van der Waals surface area contributed by atoms with Crippen LogP contribution in [0.2, 0.25) is 0 Å². The zero-order chi connectivity index (χ0) is 18.6. The highest BCUT2D eigenvalue weighted by Gasteiger charge is 2.27. The molecular weight excluding hydrogens is 300 g/mol. The van der Waals surface area contributed by atoms with E-state index in [-0.39, 0.29) is 23.6 Å². The van der Waals surface area contributed by atoms with Crippen molar-refractivity contribution in [2.45, 2.75) is 66.2 Å². The lowest BCUT2D eigenvalue weighted by molar-refractivity contribution is -0.132. The van der Waals surface area contributed by atoms with Crippen LogP contribution in [0.5, 0.6) is 11.5 Å². The predicted molar refractivity (Wildman–Crippen MR) is 100 cm³/mol. The van der Waals surface area contributed by atoms with E-state index < -0.39 is 0 Å². The van der Waals surface area contributed by atoms with Gasteiger partial charge in [0, 0.05) is 29.2 Å². The zero-order valence-corrected chi connectivity index (χ0v) is 15.8. The third-order valence-electron chi connectivity index (χ3n) is 3.94. The molecule has 0 saturated heterocycles. The smallest absolute Gasteiger partial charge is 0.308 e. The first-order valence-corrected chi connectivity index (χ1v) is 8.45. The van der Waals surface area contributed by atoms with Gasteiger partial charge in [0.25, 0.3) is 0 Å². The summed E-state index contributed by atoms with van der Waals surface area (Å²) in [6.07, 6.45) is 2.84. The average molecular weight is 330 g/mol. The van der Waals surface area contributed by atoms with Gasteiger partial charge in [-0.25, -0.2) is 0 Å². The third kappa shape index (κ3) is 4.28. The molecule has 3 nitrogen and oxygen atoms in total. The van der Waals surface area contributed by atoms with Crippen molar-refractivity contribution < 1.29 is 14.6 Å². The molecule has 0 amide bonds. The summed E-state index contributed by atoms with van der Waals surface area (Å²) in [5, 5.41) is 11.0. The summed E-state index contributed by atoms with van der Waals surface area (Å²) in [7, 11) is 0. The number of aromatic hydroxyl groups is 1. The highest BCUT2D eigenvalue weighted by atomic mass is 16.5. The van der Waals surface area contributed by atoms with Gasteiger partial charge in [0.05, 0.1) is 0 Å². The monoisotopic (exact) mass is 330 g/mol. The second kappa shape index (κ2) is 8.18. The molecular formula is C21H30O3. The highest BCUT2D eigenvalue weighted by molar-refractivity contribution is 5.73. The molecule has 0 spiro atoms. The first-order valence-electron chi connectivity index (χ1n) is 8.45. The molecule has 0 bridgehead atoms. The number of carbonyl (C=O) groups is 1. The lowest BCUT2D eigenvalue weighted by atomic mass is 9.82. The number of benzene rings is 1. The minimum Gasteiger partial charge on any atom is -0.507 e. The Kier molecular flexibility index (Phi) is 6.82. The molecule has 1 N–H and O–H groups in total. The number of phenolic OH excluding ortho intramolecular Hbond substituents is 1. The number of esters is 1. The molecule has 24 heavy (non-hydrogen) atoms. The van der Waals surface area contributed by atoms with Gasteiger partial charge >= 0.3 is 5.97 Å². The molecule has 0 radical (unpaired) electrons. The van der Waals surface area contributed by atoms with Gasteiger partial charge in [0.15, 0.2) is 0 Å². The SMILES string of the molecule is C=CCc1c(O)c(CC(=C)C)c(C(C)C)c(OC(C)=O)c1C(C)C. The van der Waals surface area contributed by atoms with E-state index in [1.165, 1.54) is 6.92 Å². The van der Waals surface area contributed by atoms with E-state index in [1.807, 2.05) is 34.6 Å². The Labute approximate surface area is 146 Å². The van der Waals surface area contributed by atoms with Crippen molar-refractivity contribution in [3.63, 3.8) is 0 Å². The summed E-state index contributed by atoms with van der Waals surface area (Å²) in [5.74, 6) is 0.737. The summed E-state index contributed by atoms with van der Waals surface area (Å²) in [5.41, 5.74) is 4.31. The van der Waals surface area contributed by atoms with Crippen LogP contribution in [0.25, 0.3) is 0 Å². The van der Waals surface area contributed by atoms with Gasteiger partial charge in [-0.1, -0.05) is 45.9 Å². The van der Waals surface area contributed by atoms with Gasteiger partial charge in [-0.3, -0.25) is 4.79 Å². The molecule has 1 rings (SSSR count). The molecule has 0 aliphatic carbocycles. The topological polar surface area (TPSA) is 46.5 Å². The summed E-state index contributed by atoms with van der Waals surface area (Å²) >= 11 is 0. The fourth-order valence-corrected chi connectivity index (χ4v) is 3.16. The van der Waals surface area contributed by atoms with Crippen LogP contribution < -0.4 is 4.74 Å². The van der Waals surface area contributed by atoms with E-state index in [2.05, 4.69) is 13.2 Å². The molecule has 1 aromatic carbocycles. The van der Waals surface area contributed by atoms with Crippen LogP contribution in [-0.2, 0) is 17.6 Å². The number of phenols is 1. The third-order valence-corrected chi connectivity index (χ3v) is 3.94. The fourth-order valence-electron chi connectivity index (χ4n) is 3.16. The van der Waals surface area contributed by atoms with Crippen molar-refractivity contribution in [3.05, 3.63) is 47.1 Å². The van der Waals surface area contributed by atoms with Crippen molar-refractivity contribution in [2.24, 2.45) is 0 Å². The van der Waals surface area contributed by atoms with Crippen molar-refractivity contribution >= 4 is 5.97 Å². The minimum atomic E-state index is -0.352. The van der Waals surface area contributed by atoms with E-state index in [9.17, 15) is 9.90 Å². The van der Waals surface area contributed by atoms with Crippen molar-refractivity contribution in [1.29, 1.82) is 0 Å². The van der Waals surface area contributed by atoms with Crippen molar-refractivity contribution in [3.8, 4) is 11.5 Å². The quantitative estimate of drug-likeness (QED) is 0.413. The Hall–Kier alpha value is -2.03. The van der Waals surface area contributed by atoms with E-state index >= 15 is 0 Å². The molecule has 0 atom stereocenters. The lowest BCUT2D eigenvalue weighted by Crippen LogP contribution is -2.13. The molecule has 132 valence electrons. The number of rotatable bonds is 7. The maximum Gasteiger partial charge on any atom is 0.308 e. The summed E-state index contributed by atoms with van der Waals surface area (Å²) in [4.78, 5) is 11.7. The van der Waals surface area contributed by atoms with Crippen molar-refractivity contribution in [1.82, 2.24) is 0 Å². The van der Waals surface area contributed by atoms with Crippen LogP contribution in [0.3, 0.4) is 0 Å². The Bertz CT molecular complexity index is 652. The number of ether oxygens (including phenoxy) is 1. The Balaban J connectivity index is 3.96. The van der Waals surface area contributed by atoms with E-state index in [4.69, 9.17) is 4.74 Å². The van der Waals surface area contributed by atoms with E-state index in [0.29, 0.717) is 18.6 Å². The first-order chi connectivity index (χ1) is 11.1. The van der Waals surface area contributed by atoms with Gasteiger partial charge < -0.3 is 9.84 Å². The van der Waals surface area contributed by atoms with Crippen LogP contribution in [0.1, 0.15) is 75.6 Å². The van der Waals surface area contributed by atoms with E-state index in [1.54, 1.807) is 6.08 Å². The van der Waals surface area contributed by atoms with Crippen LogP contribution >= 0.6 is 0 Å². The van der Waals surface area contributed by atoms with Gasteiger partial charge in [0.2, 0.25) is 0 Å². The van der Waals surface area contributed by atoms with Gasteiger partial charge in [-0.15, -0.1) is 6.58 Å². The summed E-state index contributed by atoms with van der Waals surface area (Å²) in [6, 6.07) is 0. The number of hydrogen-bond donors (Lipinski definition) is 1. The minimum absolute atomic E-state index is 0.106. The highest BCUT2D eigenvalue weighted by Crippen LogP contribution is 2.46. The fraction of sp³-hybridized carbons (Fsp3) is 0.476. The second-order valence-corrected chi connectivity index (χ2v) is 6.99. The normalized spacial score (nSPS) is 11.0. The van der Waals surface area contributed by atoms with Crippen molar-refractivity contribution in [2.75, 3.05) is 0 Å². The predicted octanol–water partition coefficient (Wildman–Crippen LogP) is 5.41. The van der Waals surface area contributed by atoms with Gasteiger partial charge in [-0.2, -0.15) is 0 Å². The Morgan fingerprint density at radius 3 is 2.00 bits per heavy atom. The van der Waals surface area contributed by atoms with Crippen LogP contribution in [0, 0.1) is 0 Å². The standard InChI is InChI=1S/C21H30O3/c1-9-10-16-18(13(4)5)21(24-15(8)22)19(14(6)7)17(20(16)23)11-12(2)3/h9,13-14,23H,1-2,10-11H2,3-8H3. The summed E-state index contributed by atoms with van der Waals surface area (Å²) < 4.78 is 5.65. The lowest BCUT2D eigenvalue weighted by Gasteiger charge is -2.26. The molecule has 0 aliphatic rings. The number of carbonyl (C=O) groups excluding carboxylic acids is 1. The molecule has 1 aromatic rings. The van der Waals surface area contributed by atoms with Crippen LogP contribution in [0.15, 0.2) is 24.8 Å². The van der Waals surface area contributed by atoms with Gasteiger partial charge in [-0.05, 0) is 31.6 Å².